The molecule has 0 unspecified atom stereocenters. The molecule has 0 aliphatic carbocycles. The zero-order valence-electron chi connectivity index (χ0n) is 13.6. The molecule has 0 radical (unpaired) electrons. The van der Waals surface area contributed by atoms with Gasteiger partial charge in [0.05, 0.1) is 5.69 Å². The minimum Gasteiger partial charge on any atom is -0.323 e. The highest BCUT2D eigenvalue weighted by Gasteiger charge is 2.17. The second-order valence-corrected chi connectivity index (χ2v) is 6.66. The number of benzene rings is 1. The molecule has 3 heterocycles. The van der Waals surface area contributed by atoms with Crippen LogP contribution < -0.4 is 4.80 Å². The molecule has 6 nitrogen and oxygen atoms in total. The number of nitrogens with zero attached hydrogens (tertiary/aromatic N) is 5. The summed E-state index contributed by atoms with van der Waals surface area (Å²) in [5.74, 6) is 0.647. The number of hydrogen-bond acceptors (Lipinski definition) is 4. The third-order valence-electron chi connectivity index (χ3n) is 4.12. The number of hydrogen-bond donors (Lipinski definition) is 0. The van der Waals surface area contributed by atoms with Gasteiger partial charge in [0.25, 0.3) is 0 Å². The summed E-state index contributed by atoms with van der Waals surface area (Å²) in [5, 5.41) is 10.5. The Morgan fingerprint density at radius 1 is 1.04 bits per heavy atom. The van der Waals surface area contributed by atoms with Crippen LogP contribution in [0.15, 0.2) is 59.0 Å². The number of carbonyl (C=O) groups excluding carboxylic acids is 1. The Morgan fingerprint density at radius 3 is 2.56 bits per heavy atom. The normalized spacial score (nSPS) is 14.9. The van der Waals surface area contributed by atoms with E-state index in [1.807, 2.05) is 54.0 Å². The molecule has 1 aliphatic rings. The maximum atomic E-state index is 12.3. The summed E-state index contributed by atoms with van der Waals surface area (Å²) in [6, 6.07) is 13.5. The molecule has 3 aromatic rings. The lowest BCUT2D eigenvalue weighted by molar-refractivity contribution is 0.218. The Kier molecular flexibility index (Phi) is 4.39. The molecular weight excluding hydrogens is 334 g/mol. The van der Waals surface area contributed by atoms with Crippen molar-refractivity contribution < 1.29 is 4.79 Å². The molecule has 0 spiro atoms. The molecule has 25 heavy (non-hydrogen) atoms. The van der Waals surface area contributed by atoms with Gasteiger partial charge in [0, 0.05) is 30.2 Å². The van der Waals surface area contributed by atoms with E-state index in [0.29, 0.717) is 10.6 Å². The van der Waals surface area contributed by atoms with Gasteiger partial charge in [-0.1, -0.05) is 30.3 Å². The maximum absolute atomic E-state index is 12.3. The van der Waals surface area contributed by atoms with Crippen LogP contribution in [0.3, 0.4) is 0 Å². The van der Waals surface area contributed by atoms with Gasteiger partial charge >= 0.3 is 6.03 Å². The van der Waals surface area contributed by atoms with Gasteiger partial charge in [0.2, 0.25) is 0 Å². The fraction of sp³-hybridized carbons (Fsp3) is 0.222. The van der Waals surface area contributed by atoms with Crippen molar-refractivity contribution in [2.75, 3.05) is 13.1 Å². The maximum Gasteiger partial charge on any atom is 0.346 e. The summed E-state index contributed by atoms with van der Waals surface area (Å²) in [7, 11) is 0. The van der Waals surface area contributed by atoms with Crippen LogP contribution in [0.1, 0.15) is 12.8 Å². The van der Waals surface area contributed by atoms with Crippen molar-refractivity contribution in [1.29, 1.82) is 0 Å². The standard InChI is InChI=1S/C18H17N5OS/c24-17(22-10-4-5-11-22)19-18-23(12-13-25-18)16-9-8-15(20-21-16)14-6-2-1-3-7-14/h1-3,6-9,12-13H,4-5,10-11H2. The van der Waals surface area contributed by atoms with Gasteiger partial charge in [-0.15, -0.1) is 21.5 Å². The molecule has 7 heteroatoms. The van der Waals surface area contributed by atoms with Crippen molar-refractivity contribution in [3.63, 3.8) is 0 Å². The molecule has 1 aromatic carbocycles. The molecule has 1 saturated heterocycles. The molecule has 0 saturated carbocycles. The molecule has 0 atom stereocenters. The Hall–Kier alpha value is -2.80. The molecule has 126 valence electrons. The van der Waals surface area contributed by atoms with Crippen LogP contribution in [-0.2, 0) is 0 Å². The highest BCUT2D eigenvalue weighted by Crippen LogP contribution is 2.16. The summed E-state index contributed by atoms with van der Waals surface area (Å²) in [6.07, 6.45) is 3.96. The van der Waals surface area contributed by atoms with Crippen LogP contribution >= 0.6 is 11.3 Å². The number of aromatic nitrogens is 3. The van der Waals surface area contributed by atoms with Crippen molar-refractivity contribution in [3.8, 4) is 17.1 Å². The monoisotopic (exact) mass is 351 g/mol. The van der Waals surface area contributed by atoms with Crippen LogP contribution in [0.5, 0.6) is 0 Å². The predicted octanol–water partition coefficient (Wildman–Crippen LogP) is 3.11. The fourth-order valence-electron chi connectivity index (χ4n) is 2.80. The second kappa shape index (κ2) is 6.98. The van der Waals surface area contributed by atoms with Crippen LogP contribution in [0, 0.1) is 0 Å². The van der Waals surface area contributed by atoms with E-state index in [9.17, 15) is 4.79 Å². The second-order valence-electron chi connectivity index (χ2n) is 5.79. The van der Waals surface area contributed by atoms with Gasteiger partial charge < -0.3 is 4.90 Å². The number of urea groups is 1. The third-order valence-corrected chi connectivity index (χ3v) is 4.88. The molecule has 0 bridgehead atoms. The van der Waals surface area contributed by atoms with Gasteiger partial charge in [-0.3, -0.25) is 4.57 Å². The number of rotatable bonds is 2. The van der Waals surface area contributed by atoms with E-state index in [1.54, 1.807) is 9.47 Å². The first-order chi connectivity index (χ1) is 12.3. The van der Waals surface area contributed by atoms with Crippen LogP contribution in [0.2, 0.25) is 0 Å². The average Bonchev–Trinajstić information content (AvgIpc) is 3.35. The summed E-state index contributed by atoms with van der Waals surface area (Å²) >= 11 is 1.41. The Bertz CT molecular complexity index is 924. The molecule has 2 amide bonds. The lowest BCUT2D eigenvalue weighted by atomic mass is 10.1. The third kappa shape index (κ3) is 3.36. The summed E-state index contributed by atoms with van der Waals surface area (Å²) in [4.78, 5) is 18.9. The van der Waals surface area contributed by atoms with Gasteiger partial charge in [0.1, 0.15) is 0 Å². The van der Waals surface area contributed by atoms with E-state index in [1.165, 1.54) is 11.3 Å². The van der Waals surface area contributed by atoms with Crippen LogP contribution in [-0.4, -0.2) is 38.8 Å². The Labute approximate surface area is 149 Å². The zero-order chi connectivity index (χ0) is 17.1. The van der Waals surface area contributed by atoms with E-state index in [0.717, 1.165) is 37.2 Å². The number of thiazole rings is 1. The zero-order valence-corrected chi connectivity index (χ0v) is 14.4. The summed E-state index contributed by atoms with van der Waals surface area (Å²) in [6.45, 7) is 1.58. The highest BCUT2D eigenvalue weighted by atomic mass is 32.1. The van der Waals surface area contributed by atoms with Crippen molar-refractivity contribution >= 4 is 17.4 Å². The van der Waals surface area contributed by atoms with Crippen molar-refractivity contribution in [2.45, 2.75) is 12.8 Å². The van der Waals surface area contributed by atoms with Crippen molar-refractivity contribution in [2.24, 2.45) is 4.99 Å². The van der Waals surface area contributed by atoms with E-state index in [2.05, 4.69) is 15.2 Å². The molecule has 2 aromatic heterocycles. The van der Waals surface area contributed by atoms with Crippen LogP contribution in [0.25, 0.3) is 17.1 Å². The van der Waals surface area contributed by atoms with E-state index < -0.39 is 0 Å². The molecule has 4 rings (SSSR count). The topological polar surface area (TPSA) is 63.4 Å². The van der Waals surface area contributed by atoms with Gasteiger partial charge in [-0.2, -0.15) is 4.99 Å². The first-order valence-electron chi connectivity index (χ1n) is 8.20. The lowest BCUT2D eigenvalue weighted by Crippen LogP contribution is -2.27. The minimum absolute atomic E-state index is 0.178. The van der Waals surface area contributed by atoms with Crippen molar-refractivity contribution in [1.82, 2.24) is 19.7 Å². The number of likely N-dealkylation sites (tertiary alicyclic amines) is 1. The SMILES string of the molecule is O=C(N=c1sccn1-c1ccc(-c2ccccc2)nn1)N1CCCC1. The summed E-state index contributed by atoms with van der Waals surface area (Å²) < 4.78 is 1.79. The first-order valence-corrected chi connectivity index (χ1v) is 9.08. The van der Waals surface area contributed by atoms with E-state index >= 15 is 0 Å². The molecule has 1 aliphatic heterocycles. The van der Waals surface area contributed by atoms with E-state index in [4.69, 9.17) is 0 Å². The van der Waals surface area contributed by atoms with Crippen molar-refractivity contribution in [3.05, 3.63) is 58.8 Å². The van der Waals surface area contributed by atoms with Gasteiger partial charge in [-0.25, -0.2) is 4.79 Å². The van der Waals surface area contributed by atoms with E-state index in [-0.39, 0.29) is 6.03 Å². The average molecular weight is 351 g/mol. The number of amides is 2. The Morgan fingerprint density at radius 2 is 1.84 bits per heavy atom. The highest BCUT2D eigenvalue weighted by molar-refractivity contribution is 7.07. The predicted molar refractivity (Wildman–Crippen MR) is 96.4 cm³/mol. The fourth-order valence-corrected chi connectivity index (χ4v) is 3.51. The van der Waals surface area contributed by atoms with Gasteiger partial charge in [-0.05, 0) is 25.0 Å². The largest absolute Gasteiger partial charge is 0.346 e. The molecule has 0 N–H and O–H groups in total. The first kappa shape index (κ1) is 15.7. The Balaban J connectivity index is 1.63. The number of carbonyl (C=O) groups is 1. The smallest absolute Gasteiger partial charge is 0.323 e. The molecular formula is C18H17N5OS. The quantitative estimate of drug-likeness (QED) is 0.713. The lowest BCUT2D eigenvalue weighted by Gasteiger charge is -2.10. The minimum atomic E-state index is -0.178. The molecule has 1 fully saturated rings. The van der Waals surface area contributed by atoms with Gasteiger partial charge in [0.15, 0.2) is 10.6 Å². The summed E-state index contributed by atoms with van der Waals surface area (Å²) in [5.41, 5.74) is 1.83. The van der Waals surface area contributed by atoms with Crippen LogP contribution in [0.4, 0.5) is 4.79 Å².